The molecule has 0 heterocycles. The Hall–Kier alpha value is -7.22. The molecule has 3 aliphatic rings. The van der Waals surface area contributed by atoms with Crippen molar-refractivity contribution < 1.29 is 0 Å². The molecule has 71 heavy (non-hydrogen) atoms. The van der Waals surface area contributed by atoms with Gasteiger partial charge in [0.2, 0.25) is 0 Å². The van der Waals surface area contributed by atoms with Crippen LogP contribution in [-0.4, -0.2) is 0 Å². The van der Waals surface area contributed by atoms with Crippen LogP contribution in [0.15, 0.2) is 218 Å². The topological polar surface area (TPSA) is 3.24 Å². The minimum Gasteiger partial charge on any atom is -0.310 e. The lowest BCUT2D eigenvalue weighted by molar-refractivity contribution is 0.443. The van der Waals surface area contributed by atoms with E-state index in [2.05, 4.69) is 265 Å². The zero-order valence-corrected chi connectivity index (χ0v) is 42.3. The minimum absolute atomic E-state index is 0.0344. The molecule has 2 unspecified atom stereocenters. The third-order valence-electron chi connectivity index (χ3n) is 16.6. The van der Waals surface area contributed by atoms with Gasteiger partial charge in [0.25, 0.3) is 0 Å². The first kappa shape index (κ1) is 45.0. The third kappa shape index (κ3) is 7.26. The molecular weight excluding hydrogens is 855 g/mol. The van der Waals surface area contributed by atoms with Crippen LogP contribution >= 0.6 is 0 Å². The molecule has 1 heteroatoms. The van der Waals surface area contributed by atoms with E-state index in [0.29, 0.717) is 5.92 Å². The summed E-state index contributed by atoms with van der Waals surface area (Å²) in [5, 5.41) is 0. The van der Waals surface area contributed by atoms with Crippen LogP contribution in [0.25, 0.3) is 22.3 Å². The summed E-state index contributed by atoms with van der Waals surface area (Å²) in [6, 6.07) is 84.1. The molecule has 0 aromatic heterocycles. The van der Waals surface area contributed by atoms with Gasteiger partial charge in [-0.2, -0.15) is 0 Å². The number of hydrogen-bond donors (Lipinski definition) is 0. The Morgan fingerprint density at radius 1 is 0.338 bits per heavy atom. The van der Waals surface area contributed by atoms with E-state index in [1.165, 1.54) is 116 Å². The molecule has 0 amide bonds. The standard InChI is InChI=1S/C70H65N/c1-67(2,3)50-32-36-54(37-33-50)69(52-23-13-8-14-24-52)63-30-20-19-29-59(63)61-43-40-57(46-65(61)69)71(56-27-17-10-18-28-56)58-41-44-62-60-42-31-49(48-21-11-7-12-22-48)45-64(60)70(66(62)47-58,53-25-15-9-16-26-53)55-38-34-51(35-39-55)68(4,5)6/h8-10,13-20,23-48H,7,11-12,21-22H2,1-6H3. The van der Waals surface area contributed by atoms with Crippen LogP contribution < -0.4 is 4.90 Å². The lowest BCUT2D eigenvalue weighted by Crippen LogP contribution is -2.29. The third-order valence-corrected chi connectivity index (χ3v) is 16.6. The van der Waals surface area contributed by atoms with Gasteiger partial charge in [0.1, 0.15) is 0 Å². The summed E-state index contributed by atoms with van der Waals surface area (Å²) in [5.41, 5.74) is 22.2. The number of nitrogens with zero attached hydrogens (tertiary/aromatic N) is 1. The van der Waals surface area contributed by atoms with Crippen molar-refractivity contribution in [1.29, 1.82) is 0 Å². The van der Waals surface area contributed by atoms with Gasteiger partial charge in [0, 0.05) is 17.1 Å². The fourth-order valence-electron chi connectivity index (χ4n) is 13.0. The van der Waals surface area contributed by atoms with E-state index < -0.39 is 10.8 Å². The molecular formula is C70H65N. The highest BCUT2D eigenvalue weighted by Gasteiger charge is 2.49. The Labute approximate surface area is 422 Å². The van der Waals surface area contributed by atoms with E-state index in [1.807, 2.05) is 0 Å². The van der Waals surface area contributed by atoms with Crippen molar-refractivity contribution in [2.24, 2.45) is 0 Å². The fraction of sp³-hybridized carbons (Fsp3) is 0.229. The highest BCUT2D eigenvalue weighted by Crippen LogP contribution is 2.60. The molecule has 350 valence electrons. The zero-order valence-electron chi connectivity index (χ0n) is 42.3. The Balaban J connectivity index is 1.11. The molecule has 1 fully saturated rings. The summed E-state index contributed by atoms with van der Waals surface area (Å²) in [4.78, 5) is 2.51. The Morgan fingerprint density at radius 3 is 1.23 bits per heavy atom. The van der Waals surface area contributed by atoms with Crippen LogP contribution in [0, 0.1) is 0 Å². The zero-order chi connectivity index (χ0) is 48.5. The Bertz CT molecular complexity index is 3380. The van der Waals surface area contributed by atoms with Crippen molar-refractivity contribution in [3.05, 3.63) is 280 Å². The van der Waals surface area contributed by atoms with E-state index in [4.69, 9.17) is 0 Å². The predicted molar refractivity (Wildman–Crippen MR) is 299 cm³/mol. The molecule has 0 aliphatic heterocycles. The quantitative estimate of drug-likeness (QED) is 0.147. The summed E-state index contributed by atoms with van der Waals surface area (Å²) in [7, 11) is 0. The van der Waals surface area contributed by atoms with Gasteiger partial charge in [-0.3, -0.25) is 0 Å². The van der Waals surface area contributed by atoms with Crippen LogP contribution in [0.1, 0.15) is 141 Å². The van der Waals surface area contributed by atoms with E-state index in [9.17, 15) is 0 Å². The molecule has 12 rings (SSSR count). The highest BCUT2D eigenvalue weighted by molar-refractivity contribution is 5.92. The molecule has 1 nitrogen and oxygen atoms in total. The summed E-state index contributed by atoms with van der Waals surface area (Å²) < 4.78 is 0. The van der Waals surface area contributed by atoms with Crippen LogP contribution in [0.5, 0.6) is 0 Å². The summed E-state index contributed by atoms with van der Waals surface area (Å²) in [6.45, 7) is 13.9. The van der Waals surface area contributed by atoms with E-state index >= 15 is 0 Å². The SMILES string of the molecule is CC(C)(C)c1ccc(C2(c3ccccc3)c3ccccc3-c3ccc(N(c4ccccc4)c4ccc5c(c4)C(c4ccccc4)(c4ccc(C(C)(C)C)cc4)c4cc(C6CCCCC6)ccc4-5)cc32)cc1. The van der Waals surface area contributed by atoms with Crippen LogP contribution in [0.4, 0.5) is 17.1 Å². The molecule has 2 atom stereocenters. The summed E-state index contributed by atoms with van der Waals surface area (Å²) in [5.74, 6) is 0.587. The van der Waals surface area contributed by atoms with E-state index in [-0.39, 0.29) is 10.8 Å². The van der Waals surface area contributed by atoms with Crippen molar-refractivity contribution in [1.82, 2.24) is 0 Å². The maximum atomic E-state index is 2.62. The number of anilines is 3. The largest absolute Gasteiger partial charge is 0.310 e. The fourth-order valence-corrected chi connectivity index (χ4v) is 13.0. The van der Waals surface area contributed by atoms with Gasteiger partial charge < -0.3 is 4.90 Å². The predicted octanol–water partition coefficient (Wildman–Crippen LogP) is 18.5. The van der Waals surface area contributed by atoms with Gasteiger partial charge in [-0.1, -0.05) is 243 Å². The first-order valence-corrected chi connectivity index (χ1v) is 26.2. The Morgan fingerprint density at radius 2 is 0.732 bits per heavy atom. The van der Waals surface area contributed by atoms with E-state index in [1.54, 1.807) is 0 Å². The molecule has 0 N–H and O–H groups in total. The van der Waals surface area contributed by atoms with Gasteiger partial charge >= 0.3 is 0 Å². The Kier molecular flexibility index (Phi) is 10.9. The molecule has 0 saturated heterocycles. The van der Waals surface area contributed by atoms with Crippen molar-refractivity contribution in [2.75, 3.05) is 4.90 Å². The molecule has 0 spiro atoms. The maximum Gasteiger partial charge on any atom is 0.0714 e. The molecule has 9 aromatic rings. The number of fused-ring (bicyclic) bond motifs is 6. The van der Waals surface area contributed by atoms with Gasteiger partial charge in [0.05, 0.1) is 10.8 Å². The second-order valence-corrected chi connectivity index (χ2v) is 22.7. The van der Waals surface area contributed by atoms with Gasteiger partial charge in [-0.05, 0) is 149 Å². The molecule has 0 radical (unpaired) electrons. The summed E-state index contributed by atoms with van der Waals surface area (Å²) in [6.07, 6.45) is 6.49. The first-order chi connectivity index (χ1) is 34.5. The van der Waals surface area contributed by atoms with E-state index in [0.717, 1.165) is 17.1 Å². The van der Waals surface area contributed by atoms with Crippen molar-refractivity contribution in [2.45, 2.75) is 101 Å². The van der Waals surface area contributed by atoms with Crippen LogP contribution in [0.3, 0.4) is 0 Å². The normalized spacial score (nSPS) is 18.3. The number of hydrogen-bond acceptors (Lipinski definition) is 1. The van der Waals surface area contributed by atoms with Gasteiger partial charge in [-0.25, -0.2) is 0 Å². The average molecular weight is 920 g/mol. The molecule has 9 aromatic carbocycles. The molecule has 1 saturated carbocycles. The average Bonchev–Trinajstić information content (AvgIpc) is 3.87. The lowest BCUT2D eigenvalue weighted by atomic mass is 9.66. The van der Waals surface area contributed by atoms with Gasteiger partial charge in [-0.15, -0.1) is 0 Å². The molecule has 3 aliphatic carbocycles. The second kappa shape index (κ2) is 17.3. The minimum atomic E-state index is -0.549. The van der Waals surface area contributed by atoms with Crippen molar-refractivity contribution in [3.8, 4) is 22.3 Å². The summed E-state index contributed by atoms with van der Waals surface area (Å²) >= 11 is 0. The second-order valence-electron chi connectivity index (χ2n) is 22.7. The highest BCUT2D eigenvalue weighted by atomic mass is 15.1. The maximum absolute atomic E-state index is 2.62. The monoisotopic (exact) mass is 920 g/mol. The lowest BCUT2D eigenvalue weighted by Gasteiger charge is -2.36. The smallest absolute Gasteiger partial charge is 0.0714 e. The van der Waals surface area contributed by atoms with Crippen molar-refractivity contribution >= 4 is 17.1 Å². The molecule has 0 bridgehead atoms. The number of rotatable bonds is 8. The number of benzene rings is 9. The number of para-hydroxylation sites is 1. The van der Waals surface area contributed by atoms with Crippen molar-refractivity contribution in [3.63, 3.8) is 0 Å². The first-order valence-electron chi connectivity index (χ1n) is 26.2. The van der Waals surface area contributed by atoms with Crippen LogP contribution in [-0.2, 0) is 21.7 Å². The van der Waals surface area contributed by atoms with Gasteiger partial charge in [0.15, 0.2) is 0 Å². The van der Waals surface area contributed by atoms with Crippen LogP contribution in [0.2, 0.25) is 0 Å².